The van der Waals surface area contributed by atoms with Crippen LogP contribution in [0.1, 0.15) is 174 Å². The topological polar surface area (TPSA) is 24.9 Å². The predicted octanol–water partition coefficient (Wildman–Crippen LogP) is 12.7. The first kappa shape index (κ1) is 45.8. The molecule has 0 bridgehead atoms. The molecule has 0 aromatic heterocycles. The van der Waals surface area contributed by atoms with Gasteiger partial charge in [-0.1, -0.05) is 140 Å². The molecular formula is C45H84N2O2. The molecule has 4 nitrogen and oxygen atoms in total. The summed E-state index contributed by atoms with van der Waals surface area (Å²) >= 11 is 0. The van der Waals surface area contributed by atoms with E-state index in [0.717, 1.165) is 52.3 Å². The minimum Gasteiger partial charge on any atom is -0.379 e. The van der Waals surface area contributed by atoms with Gasteiger partial charge in [-0.25, -0.2) is 0 Å². The summed E-state index contributed by atoms with van der Waals surface area (Å²) in [5, 5.41) is 0. The quantitative estimate of drug-likeness (QED) is 0.0490. The van der Waals surface area contributed by atoms with Gasteiger partial charge in [0.05, 0.1) is 12.7 Å². The summed E-state index contributed by atoms with van der Waals surface area (Å²) in [5.41, 5.74) is 0. The van der Waals surface area contributed by atoms with Gasteiger partial charge in [0.15, 0.2) is 0 Å². The van der Waals surface area contributed by atoms with Crippen molar-refractivity contribution in [2.75, 3.05) is 59.6 Å². The Morgan fingerprint density at radius 3 is 1.49 bits per heavy atom. The lowest BCUT2D eigenvalue weighted by Gasteiger charge is -2.26. The zero-order valence-electron chi connectivity index (χ0n) is 33.2. The number of unbranched alkanes of at least 4 members (excludes halogenated alkanes) is 18. The molecule has 1 atom stereocenters. The van der Waals surface area contributed by atoms with Crippen LogP contribution in [0.25, 0.3) is 0 Å². The molecule has 1 unspecified atom stereocenters. The van der Waals surface area contributed by atoms with Crippen molar-refractivity contribution in [2.45, 2.75) is 180 Å². The van der Waals surface area contributed by atoms with E-state index in [1.807, 2.05) is 0 Å². The van der Waals surface area contributed by atoms with Crippen molar-refractivity contribution >= 4 is 0 Å². The van der Waals surface area contributed by atoms with Gasteiger partial charge in [-0.3, -0.25) is 4.90 Å². The lowest BCUT2D eigenvalue weighted by molar-refractivity contribution is -0.0338. The highest BCUT2D eigenvalue weighted by Gasteiger charge is 2.18. The van der Waals surface area contributed by atoms with Gasteiger partial charge in [-0.15, -0.1) is 0 Å². The Kier molecular flexibility index (Phi) is 35.6. The number of hydrogen-bond acceptors (Lipinski definition) is 4. The van der Waals surface area contributed by atoms with Gasteiger partial charge in [-0.05, 0) is 104 Å². The van der Waals surface area contributed by atoms with Crippen LogP contribution in [-0.4, -0.2) is 75.5 Å². The Morgan fingerprint density at radius 1 is 0.490 bits per heavy atom. The maximum absolute atomic E-state index is 6.46. The zero-order chi connectivity index (χ0) is 35.1. The SMILES string of the molecule is CCCCC/C=C\C/C=C\CCCCCCCCOCC(CN1CCCN(C)CC1)OCCCCCCCC/C=C/C/C=C/CCCCC. The third-order valence-electron chi connectivity index (χ3n) is 9.77. The van der Waals surface area contributed by atoms with Gasteiger partial charge < -0.3 is 14.4 Å². The highest BCUT2D eigenvalue weighted by Crippen LogP contribution is 2.12. The maximum atomic E-state index is 6.46. The second-order valence-electron chi connectivity index (χ2n) is 14.7. The summed E-state index contributed by atoms with van der Waals surface area (Å²) < 4.78 is 12.7. The average molecular weight is 685 g/mol. The summed E-state index contributed by atoms with van der Waals surface area (Å²) in [7, 11) is 2.25. The van der Waals surface area contributed by atoms with E-state index in [4.69, 9.17) is 9.47 Å². The molecule has 0 aromatic rings. The normalized spacial score (nSPS) is 15.9. The maximum Gasteiger partial charge on any atom is 0.0934 e. The van der Waals surface area contributed by atoms with E-state index in [1.165, 1.54) is 161 Å². The third kappa shape index (κ3) is 33.7. The first-order chi connectivity index (χ1) is 24.3. The largest absolute Gasteiger partial charge is 0.379 e. The fraction of sp³-hybridized carbons (Fsp3) is 0.822. The number of hydrogen-bond donors (Lipinski definition) is 0. The number of likely N-dealkylation sites (N-methyl/N-ethyl adjacent to an activating group) is 1. The molecule has 1 heterocycles. The van der Waals surface area contributed by atoms with E-state index in [1.54, 1.807) is 0 Å². The second-order valence-corrected chi connectivity index (χ2v) is 14.7. The number of rotatable bonds is 35. The van der Waals surface area contributed by atoms with Gasteiger partial charge in [-0.2, -0.15) is 0 Å². The average Bonchev–Trinajstić information content (AvgIpc) is 3.32. The molecule has 1 aliphatic rings. The Balaban J connectivity index is 2.09. The summed E-state index contributed by atoms with van der Waals surface area (Å²) in [6.45, 7) is 12.7. The van der Waals surface area contributed by atoms with Crippen molar-refractivity contribution < 1.29 is 9.47 Å². The van der Waals surface area contributed by atoms with E-state index >= 15 is 0 Å². The lowest BCUT2D eigenvalue weighted by atomic mass is 10.1. The molecule has 1 aliphatic heterocycles. The number of nitrogens with zero attached hydrogens (tertiary/aromatic N) is 2. The highest BCUT2D eigenvalue weighted by atomic mass is 16.5. The van der Waals surface area contributed by atoms with Crippen molar-refractivity contribution in [1.82, 2.24) is 9.80 Å². The molecule has 0 aliphatic carbocycles. The Hall–Kier alpha value is -1.20. The van der Waals surface area contributed by atoms with E-state index in [2.05, 4.69) is 79.3 Å². The molecule has 0 aromatic carbocycles. The van der Waals surface area contributed by atoms with Crippen LogP contribution in [0, 0.1) is 0 Å². The molecule has 0 spiro atoms. The Bertz CT molecular complexity index is 776. The molecule has 0 amide bonds. The van der Waals surface area contributed by atoms with Crippen LogP contribution in [0.3, 0.4) is 0 Å². The van der Waals surface area contributed by atoms with Crippen molar-refractivity contribution in [3.8, 4) is 0 Å². The summed E-state index contributed by atoms with van der Waals surface area (Å²) in [6.07, 6.45) is 51.1. The van der Waals surface area contributed by atoms with Crippen LogP contribution >= 0.6 is 0 Å². The second kappa shape index (κ2) is 38.0. The van der Waals surface area contributed by atoms with Gasteiger partial charge in [0.2, 0.25) is 0 Å². The van der Waals surface area contributed by atoms with Gasteiger partial charge >= 0.3 is 0 Å². The lowest BCUT2D eigenvalue weighted by Crippen LogP contribution is -2.39. The van der Waals surface area contributed by atoms with Crippen LogP contribution in [0.4, 0.5) is 0 Å². The van der Waals surface area contributed by atoms with Crippen molar-refractivity contribution in [3.63, 3.8) is 0 Å². The molecule has 1 saturated heterocycles. The third-order valence-corrected chi connectivity index (χ3v) is 9.77. The van der Waals surface area contributed by atoms with Crippen LogP contribution in [0.15, 0.2) is 48.6 Å². The fourth-order valence-corrected chi connectivity index (χ4v) is 6.47. The Morgan fingerprint density at radius 2 is 0.959 bits per heavy atom. The smallest absolute Gasteiger partial charge is 0.0934 e. The minimum atomic E-state index is 0.200. The van der Waals surface area contributed by atoms with Crippen LogP contribution < -0.4 is 0 Å². The standard InChI is InChI=1S/C45H84N2O2/c1-4-6-8-10-12-14-16-18-20-22-24-26-28-30-32-34-41-48-44-45(43-47-38-36-37-46(3)39-40-47)49-42-35-33-31-29-27-25-23-21-19-17-15-13-11-9-7-5-2/h12-15,18-21,45H,4-11,16-17,22-44H2,1-3H3/b14-12-,15-13+,20-18-,21-19+. The van der Waals surface area contributed by atoms with Crippen molar-refractivity contribution in [3.05, 3.63) is 48.6 Å². The van der Waals surface area contributed by atoms with Crippen LogP contribution in [-0.2, 0) is 9.47 Å². The summed E-state index contributed by atoms with van der Waals surface area (Å²) in [4.78, 5) is 5.07. The number of ether oxygens (including phenoxy) is 2. The first-order valence-corrected chi connectivity index (χ1v) is 21.5. The molecule has 0 N–H and O–H groups in total. The molecule has 4 heteroatoms. The van der Waals surface area contributed by atoms with Crippen LogP contribution in [0.2, 0.25) is 0 Å². The number of allylic oxidation sites excluding steroid dienone is 8. The van der Waals surface area contributed by atoms with E-state index in [-0.39, 0.29) is 6.10 Å². The summed E-state index contributed by atoms with van der Waals surface area (Å²) in [5.74, 6) is 0. The van der Waals surface area contributed by atoms with Gasteiger partial charge in [0.1, 0.15) is 0 Å². The molecule has 0 saturated carbocycles. The minimum absolute atomic E-state index is 0.200. The monoisotopic (exact) mass is 685 g/mol. The molecular weight excluding hydrogens is 601 g/mol. The van der Waals surface area contributed by atoms with E-state index in [0.29, 0.717) is 0 Å². The molecule has 1 fully saturated rings. The van der Waals surface area contributed by atoms with Gasteiger partial charge in [0.25, 0.3) is 0 Å². The molecule has 49 heavy (non-hydrogen) atoms. The van der Waals surface area contributed by atoms with E-state index < -0.39 is 0 Å². The predicted molar refractivity (Wildman–Crippen MR) is 218 cm³/mol. The van der Waals surface area contributed by atoms with Crippen LogP contribution in [0.5, 0.6) is 0 Å². The molecule has 1 rings (SSSR count). The highest BCUT2D eigenvalue weighted by molar-refractivity contribution is 4.93. The van der Waals surface area contributed by atoms with Crippen molar-refractivity contribution in [1.29, 1.82) is 0 Å². The van der Waals surface area contributed by atoms with E-state index in [9.17, 15) is 0 Å². The first-order valence-electron chi connectivity index (χ1n) is 21.5. The molecule has 0 radical (unpaired) electrons. The van der Waals surface area contributed by atoms with Gasteiger partial charge in [0, 0.05) is 32.8 Å². The Labute approximate surface area is 307 Å². The fourth-order valence-electron chi connectivity index (χ4n) is 6.47. The van der Waals surface area contributed by atoms with Crippen molar-refractivity contribution in [2.24, 2.45) is 0 Å². The zero-order valence-corrected chi connectivity index (χ0v) is 33.2. The molecule has 286 valence electrons. The summed E-state index contributed by atoms with van der Waals surface area (Å²) in [6, 6.07) is 0.